The van der Waals surface area contributed by atoms with Crippen molar-refractivity contribution in [2.24, 2.45) is 22.6 Å². The lowest BCUT2D eigenvalue weighted by Crippen LogP contribution is -2.46. The highest BCUT2D eigenvalue weighted by atomic mass is 32.2. The number of amides is 1. The molecule has 11 nitrogen and oxygen atoms in total. The molecule has 3 aliphatic carbocycles. The highest BCUT2D eigenvalue weighted by Crippen LogP contribution is 2.35. The Bertz CT molecular complexity index is 1080. The molecule has 0 aromatic carbocycles. The van der Waals surface area contributed by atoms with E-state index >= 15 is 0 Å². The Morgan fingerprint density at radius 3 is 2.26 bits per heavy atom. The van der Waals surface area contributed by atoms with Crippen molar-refractivity contribution in [1.29, 1.82) is 0 Å². The lowest BCUT2D eigenvalue weighted by atomic mass is 9.80. The summed E-state index contributed by atoms with van der Waals surface area (Å²) in [6.45, 7) is 6.57. The van der Waals surface area contributed by atoms with Gasteiger partial charge >= 0.3 is 6.09 Å². The van der Waals surface area contributed by atoms with Crippen LogP contribution in [0.5, 0.6) is 0 Å². The van der Waals surface area contributed by atoms with E-state index in [0.29, 0.717) is 23.5 Å². The number of allylic oxidation sites excluding steroid dienone is 4. The molecule has 0 radical (unpaired) electrons. The highest BCUT2D eigenvalue weighted by Gasteiger charge is 2.27. The Hall–Kier alpha value is -2.83. The van der Waals surface area contributed by atoms with Crippen LogP contribution in [0.4, 0.5) is 22.1 Å². The first kappa shape index (κ1) is 32.1. The standard InChI is InChI=1S/C24H41N9O2S.C6H8/c1-16(18-9-6-10-18)27-21-19(26-15-17-7-4-3-5-8-17)22(30-23(29-21)20(25)28-24(34)35)31-32-11-13-33(36-2)14-12-32;1-2-4-6-5-3-1/h16-18,26H,3-15H2,1-2H3,(H2,25,28)(H,34,35)(H2,27,29,30,31);1-4H,5-6H2/t16-;/m1./s1. The predicted molar refractivity (Wildman–Crippen MR) is 174 cm³/mol. The minimum absolute atomic E-state index is 0.106. The zero-order chi connectivity index (χ0) is 29.7. The molecule has 5 rings (SSSR count). The molecule has 3 fully saturated rings. The van der Waals surface area contributed by atoms with Gasteiger partial charge in [0.1, 0.15) is 5.69 Å². The number of nitrogens with two attached hydrogens (primary N) is 1. The third-order valence-corrected chi connectivity index (χ3v) is 9.39. The highest BCUT2D eigenvalue weighted by molar-refractivity contribution is 7.96. The first-order chi connectivity index (χ1) is 20.4. The number of hydrogen-bond acceptors (Lipinski definition) is 9. The smallest absolute Gasteiger partial charge is 0.433 e. The second kappa shape index (κ2) is 16.7. The topological polar surface area (TPSA) is 144 Å². The van der Waals surface area contributed by atoms with E-state index in [-0.39, 0.29) is 17.7 Å². The quantitative estimate of drug-likeness (QED) is 0.131. The molecule has 0 bridgehead atoms. The molecule has 4 aliphatic rings. The maximum atomic E-state index is 11.2. The summed E-state index contributed by atoms with van der Waals surface area (Å²) in [6.07, 6.45) is 21.7. The fraction of sp³-hybridized carbons (Fsp3) is 0.667. The van der Waals surface area contributed by atoms with Crippen molar-refractivity contribution in [1.82, 2.24) is 19.3 Å². The maximum absolute atomic E-state index is 11.2. The Labute approximate surface area is 255 Å². The summed E-state index contributed by atoms with van der Waals surface area (Å²) in [6, 6.07) is 0.229. The summed E-state index contributed by atoms with van der Waals surface area (Å²) in [4.78, 5) is 24.0. The first-order valence-corrected chi connectivity index (χ1v) is 16.7. The predicted octanol–water partition coefficient (Wildman–Crippen LogP) is 5.57. The van der Waals surface area contributed by atoms with Crippen LogP contribution in [0.25, 0.3) is 0 Å². The third kappa shape index (κ3) is 9.88. The number of carbonyl (C=O) groups is 1. The van der Waals surface area contributed by atoms with E-state index in [1.807, 2.05) is 0 Å². The van der Waals surface area contributed by atoms with Crippen LogP contribution < -0.4 is 21.8 Å². The van der Waals surface area contributed by atoms with Gasteiger partial charge in [-0.15, -0.1) is 0 Å². The van der Waals surface area contributed by atoms with Gasteiger partial charge in [0.05, 0.1) is 0 Å². The van der Waals surface area contributed by atoms with E-state index in [4.69, 9.17) is 10.8 Å². The van der Waals surface area contributed by atoms with Crippen LogP contribution in [0.3, 0.4) is 0 Å². The summed E-state index contributed by atoms with van der Waals surface area (Å²) < 4.78 is 2.33. The van der Waals surface area contributed by atoms with Crippen LogP contribution in [-0.2, 0) is 0 Å². The second-order valence-electron chi connectivity index (χ2n) is 11.6. The summed E-state index contributed by atoms with van der Waals surface area (Å²) in [5.41, 5.74) is 10.3. The van der Waals surface area contributed by atoms with Gasteiger partial charge in [0.15, 0.2) is 23.3 Å². The lowest BCUT2D eigenvalue weighted by molar-refractivity contribution is 0.205. The van der Waals surface area contributed by atoms with E-state index in [1.165, 1.54) is 64.2 Å². The molecule has 1 aromatic rings. The number of hydrogen-bond donors (Lipinski definition) is 5. The Morgan fingerprint density at radius 2 is 1.71 bits per heavy atom. The average molecular weight is 600 g/mol. The number of piperazine rings is 1. The lowest BCUT2D eigenvalue weighted by Gasteiger charge is -2.35. The summed E-state index contributed by atoms with van der Waals surface area (Å²) in [7, 11) is 0. The van der Waals surface area contributed by atoms with Crippen molar-refractivity contribution < 1.29 is 9.90 Å². The van der Waals surface area contributed by atoms with Crippen molar-refractivity contribution in [3.05, 3.63) is 30.1 Å². The molecule has 1 amide bonds. The monoisotopic (exact) mass is 599 g/mol. The molecule has 1 saturated heterocycles. The van der Waals surface area contributed by atoms with Crippen LogP contribution in [0, 0.1) is 11.8 Å². The van der Waals surface area contributed by atoms with Gasteiger partial charge in [0.25, 0.3) is 0 Å². The van der Waals surface area contributed by atoms with E-state index in [0.717, 1.165) is 38.4 Å². The molecule has 0 spiro atoms. The number of anilines is 3. The minimum Gasteiger partial charge on any atom is -0.463 e. The molecule has 2 saturated carbocycles. The van der Waals surface area contributed by atoms with Crippen molar-refractivity contribution >= 4 is 41.2 Å². The second-order valence-corrected chi connectivity index (χ2v) is 12.4. The number of hydrazine groups is 1. The number of rotatable bonds is 10. The molecule has 12 heteroatoms. The van der Waals surface area contributed by atoms with Gasteiger partial charge in [0, 0.05) is 38.8 Å². The van der Waals surface area contributed by atoms with Gasteiger partial charge in [-0.05, 0) is 63.5 Å². The van der Waals surface area contributed by atoms with Gasteiger partial charge in [-0.3, -0.25) is 0 Å². The van der Waals surface area contributed by atoms with E-state index < -0.39 is 6.09 Å². The number of carboxylic acid groups (broad SMARTS) is 1. The van der Waals surface area contributed by atoms with Gasteiger partial charge in [0.2, 0.25) is 0 Å². The minimum atomic E-state index is -1.37. The first-order valence-electron chi connectivity index (χ1n) is 15.5. The molecular weight excluding hydrogens is 550 g/mol. The zero-order valence-corrected chi connectivity index (χ0v) is 26.0. The van der Waals surface area contributed by atoms with Crippen LogP contribution in [0.2, 0.25) is 0 Å². The average Bonchev–Trinajstić information content (AvgIpc) is 2.97. The van der Waals surface area contributed by atoms with Crippen molar-refractivity contribution in [2.75, 3.05) is 55.0 Å². The number of nitrogens with zero attached hydrogens (tertiary/aromatic N) is 5. The normalized spacial score (nSPS) is 21.1. The Balaban J connectivity index is 0.000000600. The maximum Gasteiger partial charge on any atom is 0.433 e. The molecule has 42 heavy (non-hydrogen) atoms. The Kier molecular flexibility index (Phi) is 12.8. The molecule has 0 unspecified atom stereocenters. The van der Waals surface area contributed by atoms with Crippen molar-refractivity contribution in [3.63, 3.8) is 0 Å². The molecular formula is C30H49N9O2S. The summed E-state index contributed by atoms with van der Waals surface area (Å²) in [5, 5.41) is 18.6. The molecule has 232 valence electrons. The van der Waals surface area contributed by atoms with Gasteiger partial charge in [-0.25, -0.2) is 24.1 Å². The van der Waals surface area contributed by atoms with Crippen molar-refractivity contribution in [3.8, 4) is 0 Å². The molecule has 1 atom stereocenters. The van der Waals surface area contributed by atoms with Gasteiger partial charge in [-0.1, -0.05) is 61.9 Å². The van der Waals surface area contributed by atoms with Crippen molar-refractivity contribution in [2.45, 2.75) is 77.2 Å². The van der Waals surface area contributed by atoms with E-state index in [1.54, 1.807) is 11.9 Å². The largest absolute Gasteiger partial charge is 0.463 e. The summed E-state index contributed by atoms with van der Waals surface area (Å²) in [5.74, 6) is 2.34. The number of aromatic nitrogens is 2. The van der Waals surface area contributed by atoms with E-state index in [9.17, 15) is 4.79 Å². The van der Waals surface area contributed by atoms with Gasteiger partial charge < -0.3 is 26.9 Å². The van der Waals surface area contributed by atoms with E-state index in [2.05, 4.69) is 77.8 Å². The van der Waals surface area contributed by atoms with Crippen LogP contribution >= 0.6 is 11.9 Å². The zero-order valence-electron chi connectivity index (χ0n) is 25.2. The molecule has 2 heterocycles. The number of nitrogens with one attached hydrogen (secondary N) is 3. The van der Waals surface area contributed by atoms with Crippen LogP contribution in [0.15, 0.2) is 29.3 Å². The molecule has 1 aliphatic heterocycles. The van der Waals surface area contributed by atoms with Crippen LogP contribution in [-0.4, -0.2) is 81.3 Å². The number of amidine groups is 1. The number of aliphatic imine (C=N–C) groups is 1. The molecule has 1 aromatic heterocycles. The SMILES string of the molecule is C1=CCCC=C1.CSN1CCN(Nc2nc(/C(N)=N/C(=O)O)nc(N[C@H](C)C3CCC3)c2NCC2CCCCC2)CC1. The summed E-state index contributed by atoms with van der Waals surface area (Å²) >= 11 is 1.76. The Morgan fingerprint density at radius 1 is 1.05 bits per heavy atom. The fourth-order valence-corrected chi connectivity index (χ4v) is 6.19. The van der Waals surface area contributed by atoms with Gasteiger partial charge in [-0.2, -0.15) is 4.99 Å². The van der Waals surface area contributed by atoms with Crippen LogP contribution in [0.1, 0.15) is 77.0 Å². The molecule has 6 N–H and O–H groups in total. The fourth-order valence-electron chi connectivity index (χ4n) is 5.67. The third-order valence-electron chi connectivity index (χ3n) is 8.51.